The number of nitrogens with one attached hydrogen (secondary N) is 2. The molecule has 2 atom stereocenters. The van der Waals surface area contributed by atoms with Crippen molar-refractivity contribution in [3.8, 4) is 0 Å². The Hall–Kier alpha value is -0.870. The highest BCUT2D eigenvalue weighted by Gasteiger charge is 2.35. The van der Waals surface area contributed by atoms with Gasteiger partial charge in [-0.3, -0.25) is 4.99 Å². The summed E-state index contributed by atoms with van der Waals surface area (Å²) >= 11 is 0. The standard InChI is InChI=1S/C18H28N4O2S.HI/c1-19-18(22-13-15-7-5-6-8-16(15)14-22)20-11-12-21-25(23,24)17-9-3-2-4-10-17;/h2-4,9-10,15-16,21H,5-8,11-14H2,1H3,(H,19,20);1H. The van der Waals surface area contributed by atoms with Gasteiger partial charge in [0, 0.05) is 33.2 Å². The Morgan fingerprint density at radius 2 is 1.73 bits per heavy atom. The van der Waals surface area contributed by atoms with Crippen LogP contribution in [0.5, 0.6) is 0 Å². The topological polar surface area (TPSA) is 73.8 Å². The van der Waals surface area contributed by atoms with Crippen molar-refractivity contribution in [3.63, 3.8) is 0 Å². The predicted octanol–water partition coefficient (Wildman–Crippen LogP) is 2.28. The third-order valence-electron chi connectivity index (χ3n) is 5.24. The molecule has 2 N–H and O–H groups in total. The van der Waals surface area contributed by atoms with Gasteiger partial charge in [-0.1, -0.05) is 31.0 Å². The number of nitrogens with zero attached hydrogens (tertiary/aromatic N) is 2. The van der Waals surface area contributed by atoms with Gasteiger partial charge >= 0.3 is 0 Å². The number of aliphatic imine (C=N–C) groups is 1. The molecule has 0 aromatic heterocycles. The molecule has 1 aromatic rings. The lowest BCUT2D eigenvalue weighted by atomic mass is 9.82. The quantitative estimate of drug-likeness (QED) is 0.286. The van der Waals surface area contributed by atoms with Gasteiger partial charge in [-0.15, -0.1) is 24.0 Å². The van der Waals surface area contributed by atoms with E-state index in [2.05, 4.69) is 19.9 Å². The number of hydrogen-bond acceptors (Lipinski definition) is 3. The van der Waals surface area contributed by atoms with E-state index in [-0.39, 0.29) is 24.0 Å². The van der Waals surface area contributed by atoms with Crippen LogP contribution in [-0.4, -0.2) is 52.5 Å². The number of sulfonamides is 1. The number of hydrogen-bond donors (Lipinski definition) is 2. The normalized spacial score (nSPS) is 23.3. The molecule has 146 valence electrons. The molecular weight excluding hydrogens is 463 g/mol. The smallest absolute Gasteiger partial charge is 0.240 e. The van der Waals surface area contributed by atoms with Gasteiger partial charge in [-0.2, -0.15) is 0 Å². The Bertz CT molecular complexity index is 682. The second kappa shape index (κ2) is 9.89. The summed E-state index contributed by atoms with van der Waals surface area (Å²) in [5.41, 5.74) is 0. The lowest BCUT2D eigenvalue weighted by molar-refractivity contribution is 0.299. The molecule has 0 amide bonds. The molecule has 0 bridgehead atoms. The second-order valence-corrected chi connectivity index (χ2v) is 8.66. The van der Waals surface area contributed by atoms with Gasteiger partial charge in [0.15, 0.2) is 5.96 Å². The Morgan fingerprint density at radius 1 is 1.12 bits per heavy atom. The Balaban J connectivity index is 0.00000243. The lowest BCUT2D eigenvalue weighted by Gasteiger charge is -2.22. The molecule has 8 heteroatoms. The van der Waals surface area contributed by atoms with Crippen molar-refractivity contribution in [1.29, 1.82) is 0 Å². The molecule has 1 aromatic carbocycles. The van der Waals surface area contributed by atoms with Crippen molar-refractivity contribution in [2.24, 2.45) is 16.8 Å². The number of likely N-dealkylation sites (tertiary alicyclic amines) is 1. The molecule has 2 fully saturated rings. The van der Waals surface area contributed by atoms with Gasteiger partial charge in [-0.25, -0.2) is 13.1 Å². The van der Waals surface area contributed by atoms with E-state index in [0.29, 0.717) is 18.0 Å². The molecule has 0 spiro atoms. The van der Waals surface area contributed by atoms with Gasteiger partial charge < -0.3 is 10.2 Å². The van der Waals surface area contributed by atoms with Crippen molar-refractivity contribution in [1.82, 2.24) is 14.9 Å². The van der Waals surface area contributed by atoms with Crippen molar-refractivity contribution in [2.75, 3.05) is 33.2 Å². The molecular formula is C18H29IN4O2S. The summed E-state index contributed by atoms with van der Waals surface area (Å²) in [6.07, 6.45) is 5.36. The van der Waals surface area contributed by atoms with E-state index in [9.17, 15) is 8.42 Å². The summed E-state index contributed by atoms with van der Waals surface area (Å²) in [5, 5.41) is 3.29. The molecule has 1 saturated carbocycles. The average molecular weight is 492 g/mol. The maximum absolute atomic E-state index is 12.2. The van der Waals surface area contributed by atoms with Crippen LogP contribution in [-0.2, 0) is 10.0 Å². The molecule has 3 rings (SSSR count). The third-order valence-corrected chi connectivity index (χ3v) is 6.72. The Morgan fingerprint density at radius 3 is 2.31 bits per heavy atom. The van der Waals surface area contributed by atoms with Gasteiger partial charge in [0.05, 0.1) is 4.90 Å². The summed E-state index contributed by atoms with van der Waals surface area (Å²) in [6, 6.07) is 8.45. The van der Waals surface area contributed by atoms with Crippen molar-refractivity contribution < 1.29 is 8.42 Å². The summed E-state index contributed by atoms with van der Waals surface area (Å²) in [4.78, 5) is 6.99. The number of rotatable bonds is 5. The highest BCUT2D eigenvalue weighted by atomic mass is 127. The first-order chi connectivity index (χ1) is 12.1. The van der Waals surface area contributed by atoms with Gasteiger partial charge in [0.1, 0.15) is 0 Å². The molecule has 0 radical (unpaired) electrons. The highest BCUT2D eigenvalue weighted by Crippen LogP contribution is 2.35. The molecule has 6 nitrogen and oxygen atoms in total. The highest BCUT2D eigenvalue weighted by molar-refractivity contribution is 14.0. The molecule has 1 aliphatic heterocycles. The maximum atomic E-state index is 12.2. The summed E-state index contributed by atoms with van der Waals surface area (Å²) in [6.45, 7) is 2.99. The van der Waals surface area contributed by atoms with Gasteiger partial charge in [0.2, 0.25) is 10.0 Å². The summed E-state index contributed by atoms with van der Waals surface area (Å²) in [7, 11) is -1.65. The number of halogens is 1. The van der Waals surface area contributed by atoms with Crippen LogP contribution in [0.15, 0.2) is 40.2 Å². The SMILES string of the molecule is CN=C(NCCNS(=O)(=O)c1ccccc1)N1CC2CCCCC2C1.I. The van der Waals surface area contributed by atoms with Crippen LogP contribution in [0.3, 0.4) is 0 Å². The minimum atomic E-state index is -3.44. The lowest BCUT2D eigenvalue weighted by Crippen LogP contribution is -2.43. The van der Waals surface area contributed by atoms with Crippen molar-refractivity contribution in [2.45, 2.75) is 30.6 Å². The fraction of sp³-hybridized carbons (Fsp3) is 0.611. The molecule has 2 unspecified atom stereocenters. The predicted molar refractivity (Wildman–Crippen MR) is 115 cm³/mol. The van der Waals surface area contributed by atoms with E-state index < -0.39 is 10.0 Å². The third kappa shape index (κ3) is 5.32. The summed E-state index contributed by atoms with van der Waals surface area (Å²) < 4.78 is 27.0. The minimum absolute atomic E-state index is 0. The van der Waals surface area contributed by atoms with Crippen LogP contribution in [0, 0.1) is 11.8 Å². The fourth-order valence-corrected chi connectivity index (χ4v) is 5.01. The second-order valence-electron chi connectivity index (χ2n) is 6.89. The summed E-state index contributed by atoms with van der Waals surface area (Å²) in [5.74, 6) is 2.47. The monoisotopic (exact) mass is 492 g/mol. The van der Waals surface area contributed by atoms with Crippen molar-refractivity contribution in [3.05, 3.63) is 30.3 Å². The van der Waals surface area contributed by atoms with Gasteiger partial charge in [0.25, 0.3) is 0 Å². The van der Waals surface area contributed by atoms with Crippen molar-refractivity contribution >= 4 is 40.0 Å². The fourth-order valence-electron chi connectivity index (χ4n) is 3.95. The van der Waals surface area contributed by atoms with Crippen LogP contribution in [0.4, 0.5) is 0 Å². The molecule has 1 aliphatic carbocycles. The van der Waals surface area contributed by atoms with E-state index in [0.717, 1.165) is 30.9 Å². The zero-order valence-corrected chi connectivity index (χ0v) is 18.4. The number of guanidine groups is 1. The molecule has 2 aliphatic rings. The average Bonchev–Trinajstić information content (AvgIpc) is 3.06. The van der Waals surface area contributed by atoms with Crippen LogP contribution in [0.2, 0.25) is 0 Å². The van der Waals surface area contributed by atoms with Crippen LogP contribution in [0.1, 0.15) is 25.7 Å². The van der Waals surface area contributed by atoms with E-state index in [1.807, 2.05) is 0 Å². The first-order valence-electron chi connectivity index (χ1n) is 9.10. The first-order valence-corrected chi connectivity index (χ1v) is 10.6. The first kappa shape index (κ1) is 21.4. The van der Waals surface area contributed by atoms with Crippen LogP contribution < -0.4 is 10.0 Å². The van der Waals surface area contributed by atoms with E-state index in [1.165, 1.54) is 25.7 Å². The molecule has 1 saturated heterocycles. The minimum Gasteiger partial charge on any atom is -0.355 e. The zero-order valence-electron chi connectivity index (χ0n) is 15.2. The van der Waals surface area contributed by atoms with E-state index >= 15 is 0 Å². The largest absolute Gasteiger partial charge is 0.355 e. The Kier molecular flexibility index (Phi) is 8.15. The number of benzene rings is 1. The van der Waals surface area contributed by atoms with Crippen LogP contribution >= 0.6 is 24.0 Å². The van der Waals surface area contributed by atoms with Gasteiger partial charge in [-0.05, 0) is 36.8 Å². The van der Waals surface area contributed by atoms with E-state index in [1.54, 1.807) is 37.4 Å². The molecule has 1 heterocycles. The number of fused-ring (bicyclic) bond motifs is 1. The molecule has 26 heavy (non-hydrogen) atoms. The Labute approximate surface area is 173 Å². The van der Waals surface area contributed by atoms with Crippen LogP contribution in [0.25, 0.3) is 0 Å². The zero-order chi connectivity index (χ0) is 17.7. The van der Waals surface area contributed by atoms with E-state index in [4.69, 9.17) is 0 Å². The maximum Gasteiger partial charge on any atom is 0.240 e.